The van der Waals surface area contributed by atoms with Crippen LogP contribution >= 0.6 is 0 Å². The Kier molecular flexibility index (Phi) is 8.72. The summed E-state index contributed by atoms with van der Waals surface area (Å²) in [5.41, 5.74) is 9.38. The van der Waals surface area contributed by atoms with Gasteiger partial charge in [-0.3, -0.25) is 9.78 Å². The van der Waals surface area contributed by atoms with Gasteiger partial charge in [-0.15, -0.1) is 0 Å². The molecule has 2 bridgehead atoms. The molecule has 2 N–H and O–H groups in total. The molecule has 6 rings (SSSR count). The zero-order valence-corrected chi connectivity index (χ0v) is 26.5. The Hall–Kier alpha value is -3.44. The highest BCUT2D eigenvalue weighted by molar-refractivity contribution is 5.94. The molecule has 2 atom stereocenters. The van der Waals surface area contributed by atoms with Crippen LogP contribution in [0.4, 0.5) is 0 Å². The zero-order chi connectivity index (χ0) is 30.0. The quantitative estimate of drug-likeness (QED) is 0.180. The Morgan fingerprint density at radius 2 is 1.77 bits per heavy atom. The van der Waals surface area contributed by atoms with Crippen LogP contribution in [0.5, 0.6) is 0 Å². The molecular formula is C38H48N4O. The van der Waals surface area contributed by atoms with E-state index in [9.17, 15) is 4.79 Å². The van der Waals surface area contributed by atoms with E-state index in [0.29, 0.717) is 17.9 Å². The number of unbranched alkanes of at least 4 members (excludes halogenated alkanes) is 1. The lowest BCUT2D eigenvalue weighted by atomic mass is 9.82. The number of H-pyrrole nitrogens is 1. The van der Waals surface area contributed by atoms with E-state index in [1.807, 2.05) is 12.4 Å². The number of nitrogens with zero attached hydrogens (tertiary/aromatic N) is 2. The van der Waals surface area contributed by atoms with Gasteiger partial charge in [0.25, 0.3) is 0 Å². The van der Waals surface area contributed by atoms with Crippen LogP contribution in [0.3, 0.4) is 0 Å². The number of nitrogens with one attached hydrogen (secondary N) is 2. The molecular weight excluding hydrogens is 528 g/mol. The molecule has 2 aliphatic rings. The van der Waals surface area contributed by atoms with Crippen molar-refractivity contribution in [3.8, 4) is 11.3 Å². The molecule has 5 heteroatoms. The Morgan fingerprint density at radius 3 is 2.53 bits per heavy atom. The van der Waals surface area contributed by atoms with Crippen molar-refractivity contribution in [2.45, 2.75) is 90.5 Å². The van der Waals surface area contributed by atoms with E-state index in [0.717, 1.165) is 56.4 Å². The van der Waals surface area contributed by atoms with E-state index in [2.05, 4.69) is 96.4 Å². The van der Waals surface area contributed by atoms with Gasteiger partial charge in [0.05, 0.1) is 5.41 Å². The first kappa shape index (κ1) is 29.6. The second-order valence-corrected chi connectivity index (χ2v) is 13.7. The number of aryl methyl sites for hydroxylation is 3. The second-order valence-electron chi connectivity index (χ2n) is 13.7. The summed E-state index contributed by atoms with van der Waals surface area (Å²) >= 11 is 0. The predicted octanol–water partition coefficient (Wildman–Crippen LogP) is 7.68. The van der Waals surface area contributed by atoms with E-state index in [-0.39, 0.29) is 0 Å². The zero-order valence-electron chi connectivity index (χ0n) is 26.5. The number of rotatable bonds is 11. The summed E-state index contributed by atoms with van der Waals surface area (Å²) in [6, 6.07) is 18.1. The third-order valence-corrected chi connectivity index (χ3v) is 9.95. The molecule has 0 spiro atoms. The SMILES string of the molecule is Cc1cc(C)cc(-c2[nH]c3ccc(C(C)(C)C(=O)N4CC5CCCC4C5)cc3c2CCNCCCCc2ccncc2)c1. The van der Waals surface area contributed by atoms with Gasteiger partial charge in [0, 0.05) is 41.6 Å². The number of amides is 1. The highest BCUT2D eigenvalue weighted by atomic mass is 16.2. The highest BCUT2D eigenvalue weighted by Gasteiger charge is 2.43. The number of fused-ring (bicyclic) bond motifs is 3. The largest absolute Gasteiger partial charge is 0.354 e. The van der Waals surface area contributed by atoms with Crippen LogP contribution in [0.25, 0.3) is 22.2 Å². The fourth-order valence-electron chi connectivity index (χ4n) is 7.60. The maximum Gasteiger partial charge on any atom is 0.232 e. The van der Waals surface area contributed by atoms with Crippen molar-refractivity contribution < 1.29 is 4.79 Å². The van der Waals surface area contributed by atoms with Crippen molar-refractivity contribution in [3.63, 3.8) is 0 Å². The van der Waals surface area contributed by atoms with Gasteiger partial charge in [-0.25, -0.2) is 0 Å². The lowest BCUT2D eigenvalue weighted by molar-refractivity contribution is -0.137. The molecule has 43 heavy (non-hydrogen) atoms. The lowest BCUT2D eigenvalue weighted by Gasteiger charge is -2.33. The lowest BCUT2D eigenvalue weighted by Crippen LogP contribution is -2.45. The van der Waals surface area contributed by atoms with Gasteiger partial charge in [0.1, 0.15) is 0 Å². The van der Waals surface area contributed by atoms with Crippen molar-refractivity contribution in [1.29, 1.82) is 0 Å². The summed E-state index contributed by atoms with van der Waals surface area (Å²) in [4.78, 5) is 24.1. The Bertz CT molecular complexity index is 1550. The maximum absolute atomic E-state index is 14.0. The van der Waals surface area contributed by atoms with Gasteiger partial charge >= 0.3 is 0 Å². The van der Waals surface area contributed by atoms with Gasteiger partial charge < -0.3 is 15.2 Å². The van der Waals surface area contributed by atoms with E-state index in [1.54, 1.807) is 0 Å². The number of pyridine rings is 1. The van der Waals surface area contributed by atoms with Gasteiger partial charge in [-0.1, -0.05) is 29.7 Å². The number of aromatic amines is 1. The first-order chi connectivity index (χ1) is 20.8. The average molecular weight is 577 g/mol. The van der Waals surface area contributed by atoms with Crippen molar-refractivity contribution in [1.82, 2.24) is 20.2 Å². The third-order valence-electron chi connectivity index (χ3n) is 9.95. The van der Waals surface area contributed by atoms with Crippen LogP contribution in [-0.4, -0.2) is 46.5 Å². The van der Waals surface area contributed by atoms with Crippen molar-refractivity contribution >= 4 is 16.8 Å². The van der Waals surface area contributed by atoms with Crippen LogP contribution in [0.15, 0.2) is 60.9 Å². The third kappa shape index (κ3) is 6.43. The number of hydrogen-bond acceptors (Lipinski definition) is 3. The molecule has 226 valence electrons. The van der Waals surface area contributed by atoms with E-state index in [4.69, 9.17) is 0 Å². The van der Waals surface area contributed by atoms with Crippen LogP contribution in [0.1, 0.15) is 80.2 Å². The molecule has 1 aliphatic carbocycles. The average Bonchev–Trinajstić information content (AvgIpc) is 3.51. The predicted molar refractivity (Wildman–Crippen MR) is 177 cm³/mol. The van der Waals surface area contributed by atoms with Gasteiger partial charge in [-0.05, 0) is 150 Å². The molecule has 2 fully saturated rings. The normalized spacial score (nSPS) is 18.5. The fourth-order valence-corrected chi connectivity index (χ4v) is 7.60. The minimum atomic E-state index is -0.562. The first-order valence-corrected chi connectivity index (χ1v) is 16.4. The molecule has 2 aromatic carbocycles. The standard InChI is InChI=1S/C38H48N4O/c1-26-20-27(2)22-30(21-26)36-33(15-19-39-16-6-5-8-28-13-17-40-18-14-28)34-24-31(11-12-35(34)41-36)38(3,4)37(43)42-25-29-9-7-10-32(42)23-29/h11-14,17-18,20-22,24,29,32,39,41H,5-10,15-16,19,23,25H2,1-4H3. The molecule has 2 aromatic heterocycles. The van der Waals surface area contributed by atoms with Crippen LogP contribution in [0.2, 0.25) is 0 Å². The monoisotopic (exact) mass is 576 g/mol. The molecule has 5 nitrogen and oxygen atoms in total. The number of aromatic nitrogens is 2. The van der Waals surface area contributed by atoms with Crippen molar-refractivity contribution in [3.05, 3.63) is 88.7 Å². The number of benzene rings is 2. The van der Waals surface area contributed by atoms with E-state index < -0.39 is 5.41 Å². The van der Waals surface area contributed by atoms with Crippen LogP contribution < -0.4 is 5.32 Å². The molecule has 0 radical (unpaired) electrons. The minimum Gasteiger partial charge on any atom is -0.354 e. The van der Waals surface area contributed by atoms with Crippen LogP contribution in [0, 0.1) is 19.8 Å². The van der Waals surface area contributed by atoms with E-state index in [1.165, 1.54) is 64.6 Å². The summed E-state index contributed by atoms with van der Waals surface area (Å²) in [5, 5.41) is 4.95. The topological polar surface area (TPSA) is 61.0 Å². The molecule has 1 amide bonds. The number of likely N-dealkylation sites (tertiary alicyclic amines) is 1. The number of carbonyl (C=O) groups excluding carboxylic acids is 1. The summed E-state index contributed by atoms with van der Waals surface area (Å²) in [6.07, 6.45) is 13.0. The Balaban J connectivity index is 1.22. The number of carbonyl (C=O) groups is 1. The smallest absolute Gasteiger partial charge is 0.232 e. The Morgan fingerprint density at radius 1 is 0.977 bits per heavy atom. The van der Waals surface area contributed by atoms with E-state index >= 15 is 0 Å². The van der Waals surface area contributed by atoms with Crippen molar-refractivity contribution in [2.75, 3.05) is 19.6 Å². The summed E-state index contributed by atoms with van der Waals surface area (Å²) in [5.74, 6) is 0.988. The summed E-state index contributed by atoms with van der Waals surface area (Å²) in [7, 11) is 0. The van der Waals surface area contributed by atoms with Crippen LogP contribution in [-0.2, 0) is 23.1 Å². The Labute approximate surface area is 257 Å². The molecule has 1 saturated heterocycles. The maximum atomic E-state index is 14.0. The number of hydrogen-bond donors (Lipinski definition) is 2. The first-order valence-electron chi connectivity index (χ1n) is 16.4. The second kappa shape index (κ2) is 12.7. The molecule has 4 aromatic rings. The molecule has 1 saturated carbocycles. The molecule has 1 aliphatic heterocycles. The van der Waals surface area contributed by atoms with Gasteiger partial charge in [-0.2, -0.15) is 0 Å². The fraction of sp³-hybridized carbons (Fsp3) is 0.474. The molecule has 2 unspecified atom stereocenters. The summed E-state index contributed by atoms with van der Waals surface area (Å²) < 4.78 is 0. The summed E-state index contributed by atoms with van der Waals surface area (Å²) in [6.45, 7) is 11.5. The highest BCUT2D eigenvalue weighted by Crippen LogP contribution is 2.40. The van der Waals surface area contributed by atoms with Crippen molar-refractivity contribution in [2.24, 2.45) is 5.92 Å². The molecule has 3 heterocycles. The van der Waals surface area contributed by atoms with Gasteiger partial charge in [0.15, 0.2) is 0 Å². The van der Waals surface area contributed by atoms with Gasteiger partial charge in [0.2, 0.25) is 5.91 Å². The minimum absolute atomic E-state index is 0.293.